The normalized spacial score (nSPS) is 11.0. The highest BCUT2D eigenvalue weighted by molar-refractivity contribution is 7.09. The van der Waals surface area contributed by atoms with Crippen LogP contribution in [0.2, 0.25) is 0 Å². The molecule has 2 aromatic carbocycles. The highest BCUT2D eigenvalue weighted by Crippen LogP contribution is 2.18. The maximum Gasteiger partial charge on any atom is 0.326 e. The molecular formula is C22H20FN3O3S. The van der Waals surface area contributed by atoms with Gasteiger partial charge < -0.3 is 14.0 Å². The molecule has 6 nitrogen and oxygen atoms in total. The highest BCUT2D eigenvalue weighted by atomic mass is 32.1. The number of nitrogens with zero attached hydrogens (tertiary/aromatic N) is 3. The standard InChI is InChI=1S/C22H20FN3O3S/c1-2-20-25-18-5-3-4-6-19(18)26(20)11-22(27)29-12-16-14-30-21(24-16)13-28-17-9-7-15(23)8-10-17/h3-10,14H,2,11-13H2,1H3. The molecular weight excluding hydrogens is 405 g/mol. The zero-order valence-electron chi connectivity index (χ0n) is 16.4. The predicted molar refractivity (Wildman–Crippen MR) is 112 cm³/mol. The Bertz CT molecular complexity index is 1150. The van der Waals surface area contributed by atoms with Gasteiger partial charge in [-0.3, -0.25) is 4.79 Å². The topological polar surface area (TPSA) is 66.2 Å². The summed E-state index contributed by atoms with van der Waals surface area (Å²) in [5, 5.41) is 2.58. The SMILES string of the molecule is CCc1nc2ccccc2n1CC(=O)OCc1csc(COc2ccc(F)cc2)n1. The second-order valence-electron chi connectivity index (χ2n) is 6.59. The Kier molecular flexibility index (Phi) is 6.04. The van der Waals surface area contributed by atoms with Crippen LogP contribution in [0.5, 0.6) is 5.75 Å². The second-order valence-corrected chi connectivity index (χ2v) is 7.53. The molecule has 0 aliphatic heterocycles. The number of aryl methyl sites for hydroxylation is 1. The Labute approximate surface area is 176 Å². The van der Waals surface area contributed by atoms with E-state index < -0.39 is 0 Å². The number of carbonyl (C=O) groups excluding carboxylic acids is 1. The maximum absolute atomic E-state index is 12.9. The second kappa shape index (κ2) is 9.04. The number of carbonyl (C=O) groups is 1. The fraction of sp³-hybridized carbons (Fsp3) is 0.227. The summed E-state index contributed by atoms with van der Waals surface area (Å²) in [5.74, 6) is 0.765. The van der Waals surface area contributed by atoms with E-state index in [1.54, 1.807) is 12.1 Å². The molecule has 0 amide bonds. The van der Waals surface area contributed by atoms with Crippen LogP contribution in [0.3, 0.4) is 0 Å². The number of hydrogen-bond donors (Lipinski definition) is 0. The van der Waals surface area contributed by atoms with Crippen molar-refractivity contribution in [2.24, 2.45) is 0 Å². The van der Waals surface area contributed by atoms with E-state index in [9.17, 15) is 9.18 Å². The van der Waals surface area contributed by atoms with Crippen molar-refractivity contribution in [3.63, 3.8) is 0 Å². The number of esters is 1. The maximum atomic E-state index is 12.9. The van der Waals surface area contributed by atoms with Crippen LogP contribution in [0, 0.1) is 5.82 Å². The molecule has 0 saturated carbocycles. The third-order valence-corrected chi connectivity index (χ3v) is 5.36. The van der Waals surface area contributed by atoms with E-state index in [1.165, 1.54) is 23.5 Å². The molecule has 2 heterocycles. The van der Waals surface area contributed by atoms with Crippen LogP contribution in [0.4, 0.5) is 4.39 Å². The van der Waals surface area contributed by atoms with Crippen LogP contribution in [0.1, 0.15) is 23.4 Å². The number of imidazole rings is 1. The lowest BCUT2D eigenvalue weighted by molar-refractivity contribution is -0.145. The molecule has 154 valence electrons. The van der Waals surface area contributed by atoms with E-state index >= 15 is 0 Å². The summed E-state index contributed by atoms with van der Waals surface area (Å²) in [5.41, 5.74) is 2.45. The molecule has 0 unspecified atom stereocenters. The zero-order valence-corrected chi connectivity index (χ0v) is 17.2. The van der Waals surface area contributed by atoms with Crippen molar-refractivity contribution >= 4 is 28.3 Å². The van der Waals surface area contributed by atoms with Crippen molar-refractivity contribution in [1.29, 1.82) is 0 Å². The fourth-order valence-corrected chi connectivity index (χ4v) is 3.75. The van der Waals surface area contributed by atoms with E-state index in [4.69, 9.17) is 9.47 Å². The van der Waals surface area contributed by atoms with Gasteiger partial charge >= 0.3 is 5.97 Å². The van der Waals surface area contributed by atoms with Gasteiger partial charge in [-0.25, -0.2) is 14.4 Å². The smallest absolute Gasteiger partial charge is 0.326 e. The van der Waals surface area contributed by atoms with Gasteiger partial charge in [0.1, 0.15) is 42.2 Å². The first-order valence-electron chi connectivity index (χ1n) is 9.54. The first kappa shape index (κ1) is 20.0. The average Bonchev–Trinajstić information content (AvgIpc) is 3.36. The van der Waals surface area contributed by atoms with Gasteiger partial charge in [0.15, 0.2) is 0 Å². The Morgan fingerprint density at radius 1 is 1.10 bits per heavy atom. The van der Waals surface area contributed by atoms with Gasteiger partial charge in [-0.2, -0.15) is 0 Å². The number of benzene rings is 2. The first-order valence-corrected chi connectivity index (χ1v) is 10.4. The van der Waals surface area contributed by atoms with Crippen LogP contribution in [0.15, 0.2) is 53.9 Å². The Morgan fingerprint density at radius 3 is 2.70 bits per heavy atom. The van der Waals surface area contributed by atoms with E-state index in [1.807, 2.05) is 41.1 Å². The quantitative estimate of drug-likeness (QED) is 0.389. The van der Waals surface area contributed by atoms with Gasteiger partial charge in [0.05, 0.1) is 16.7 Å². The minimum atomic E-state index is -0.343. The fourth-order valence-electron chi connectivity index (χ4n) is 3.06. The third kappa shape index (κ3) is 4.65. The van der Waals surface area contributed by atoms with Gasteiger partial charge in [-0.05, 0) is 36.4 Å². The van der Waals surface area contributed by atoms with E-state index in [0.717, 1.165) is 28.3 Å². The Morgan fingerprint density at radius 2 is 1.90 bits per heavy atom. The number of aromatic nitrogens is 3. The number of hydrogen-bond acceptors (Lipinski definition) is 6. The number of ether oxygens (including phenoxy) is 2. The number of para-hydroxylation sites is 2. The van der Waals surface area contributed by atoms with Crippen molar-refractivity contribution in [2.45, 2.75) is 33.1 Å². The molecule has 2 aromatic heterocycles. The van der Waals surface area contributed by atoms with Crippen LogP contribution >= 0.6 is 11.3 Å². The lowest BCUT2D eigenvalue weighted by atomic mass is 10.3. The summed E-state index contributed by atoms with van der Waals surface area (Å²) in [4.78, 5) is 21.4. The molecule has 30 heavy (non-hydrogen) atoms. The Hall–Kier alpha value is -3.26. The molecule has 0 N–H and O–H groups in total. The van der Waals surface area contributed by atoms with Crippen molar-refractivity contribution in [3.05, 3.63) is 76.3 Å². The number of rotatable bonds is 8. The minimum absolute atomic E-state index is 0.0972. The van der Waals surface area contributed by atoms with Crippen molar-refractivity contribution in [2.75, 3.05) is 0 Å². The van der Waals surface area contributed by atoms with Crippen LogP contribution < -0.4 is 4.74 Å². The van der Waals surface area contributed by atoms with Crippen molar-refractivity contribution in [1.82, 2.24) is 14.5 Å². The zero-order chi connectivity index (χ0) is 20.9. The van der Waals surface area contributed by atoms with E-state index in [2.05, 4.69) is 9.97 Å². The molecule has 0 aliphatic carbocycles. The van der Waals surface area contributed by atoms with E-state index in [0.29, 0.717) is 11.4 Å². The van der Waals surface area contributed by atoms with Gasteiger partial charge in [-0.1, -0.05) is 19.1 Å². The molecule has 0 atom stereocenters. The van der Waals surface area contributed by atoms with Crippen LogP contribution in [-0.4, -0.2) is 20.5 Å². The summed E-state index contributed by atoms with van der Waals surface area (Å²) in [6.45, 7) is 2.48. The van der Waals surface area contributed by atoms with Gasteiger partial charge in [0.2, 0.25) is 0 Å². The number of fused-ring (bicyclic) bond motifs is 1. The summed E-state index contributed by atoms with van der Waals surface area (Å²) in [7, 11) is 0. The molecule has 0 radical (unpaired) electrons. The Balaban J connectivity index is 1.32. The van der Waals surface area contributed by atoms with Gasteiger partial charge in [0.25, 0.3) is 0 Å². The molecule has 0 bridgehead atoms. The van der Waals surface area contributed by atoms with Crippen molar-refractivity contribution in [3.8, 4) is 5.75 Å². The lowest BCUT2D eigenvalue weighted by Gasteiger charge is -2.08. The molecule has 0 saturated heterocycles. The molecule has 4 rings (SSSR count). The average molecular weight is 425 g/mol. The summed E-state index contributed by atoms with van der Waals surface area (Å²) in [6, 6.07) is 13.5. The number of halogens is 1. The third-order valence-electron chi connectivity index (χ3n) is 4.49. The molecule has 8 heteroatoms. The monoisotopic (exact) mass is 425 g/mol. The molecule has 0 spiro atoms. The van der Waals surface area contributed by atoms with E-state index in [-0.39, 0.29) is 31.5 Å². The summed E-state index contributed by atoms with van der Waals surface area (Å²) < 4.78 is 25.8. The molecule has 0 fully saturated rings. The lowest BCUT2D eigenvalue weighted by Crippen LogP contribution is -2.15. The predicted octanol–water partition coefficient (Wildman–Crippen LogP) is 4.52. The molecule has 4 aromatic rings. The van der Waals surface area contributed by atoms with Crippen LogP contribution in [0.25, 0.3) is 11.0 Å². The largest absolute Gasteiger partial charge is 0.486 e. The first-order chi connectivity index (χ1) is 14.6. The number of thiazole rings is 1. The highest BCUT2D eigenvalue weighted by Gasteiger charge is 2.14. The van der Waals surface area contributed by atoms with Gasteiger partial charge in [0, 0.05) is 11.8 Å². The summed E-state index contributed by atoms with van der Waals surface area (Å²) in [6.07, 6.45) is 0.728. The van der Waals surface area contributed by atoms with Crippen molar-refractivity contribution < 1.29 is 18.7 Å². The minimum Gasteiger partial charge on any atom is -0.486 e. The van der Waals surface area contributed by atoms with Gasteiger partial charge in [-0.15, -0.1) is 11.3 Å². The molecule has 0 aliphatic rings. The van der Waals surface area contributed by atoms with Crippen LogP contribution in [-0.2, 0) is 35.7 Å². The summed E-state index contributed by atoms with van der Waals surface area (Å²) >= 11 is 1.42.